The first-order valence-electron chi connectivity index (χ1n) is 9.30. The molecule has 32 heavy (non-hydrogen) atoms. The molecule has 2 aromatic heterocycles. The first kappa shape index (κ1) is 23.5. The molecule has 3 rings (SSSR count). The van der Waals surface area contributed by atoms with Crippen LogP contribution in [0.2, 0.25) is 0 Å². The number of carbonyl (C=O) groups is 3. The van der Waals surface area contributed by atoms with E-state index < -0.39 is 37.4 Å². The minimum atomic E-state index is -5.23. The van der Waals surface area contributed by atoms with Gasteiger partial charge < -0.3 is 24.8 Å². The fraction of sp³-hybridized carbons (Fsp3) is 0.368. The zero-order valence-corrected chi connectivity index (χ0v) is 17.2. The largest absolute Gasteiger partial charge is 0.490 e. The van der Waals surface area contributed by atoms with Gasteiger partial charge in [0.05, 0.1) is 23.4 Å². The van der Waals surface area contributed by atoms with E-state index in [4.69, 9.17) is 9.84 Å². The van der Waals surface area contributed by atoms with E-state index in [-0.39, 0.29) is 11.4 Å². The fourth-order valence-electron chi connectivity index (χ4n) is 2.94. The molecule has 1 aliphatic heterocycles. The van der Waals surface area contributed by atoms with E-state index in [0.717, 1.165) is 34.5 Å². The molecule has 13 heteroatoms. The number of nitrogens with zero attached hydrogens (tertiary/aromatic N) is 2. The number of rotatable bonds is 9. The fourth-order valence-corrected chi connectivity index (χ4v) is 4.10. The maximum atomic E-state index is 12.8. The molecule has 172 valence electrons. The lowest BCUT2D eigenvalue weighted by Gasteiger charge is -2.23. The summed E-state index contributed by atoms with van der Waals surface area (Å²) in [5, 5.41) is 12.3. The number of hydrogen-bond donors (Lipinski definition) is 2. The van der Waals surface area contributed by atoms with Crippen molar-refractivity contribution in [2.24, 2.45) is 0 Å². The summed E-state index contributed by atoms with van der Waals surface area (Å²) in [5.41, 5.74) is 0.921. The normalized spacial score (nSPS) is 14.2. The molecular weight excluding hydrogens is 455 g/mol. The molecule has 9 nitrogen and oxygen atoms in total. The van der Waals surface area contributed by atoms with Gasteiger partial charge >= 0.3 is 18.1 Å². The number of aliphatic carboxylic acids is 1. The molecule has 0 aliphatic carbocycles. The maximum Gasteiger partial charge on any atom is 0.490 e. The molecule has 0 saturated heterocycles. The van der Waals surface area contributed by atoms with Crippen LogP contribution in [0.1, 0.15) is 22.2 Å². The molecule has 0 saturated carbocycles. The van der Waals surface area contributed by atoms with Crippen LogP contribution in [0, 0.1) is 0 Å². The molecule has 1 unspecified atom stereocenters. The summed E-state index contributed by atoms with van der Waals surface area (Å²) in [6.07, 6.45) is -4.46. The highest BCUT2D eigenvalue weighted by Gasteiger charge is 2.43. The van der Waals surface area contributed by atoms with Crippen molar-refractivity contribution in [3.63, 3.8) is 0 Å². The van der Waals surface area contributed by atoms with Gasteiger partial charge in [0.1, 0.15) is 5.75 Å². The number of aromatic nitrogens is 1. The SMILES string of the molecule is O=CN(CC(OC(=O)C(F)(F)F)c1ccc(OCC(=O)O)cn1)c1cc2c(s1)CCNC2. The molecule has 0 aromatic carbocycles. The lowest BCUT2D eigenvalue weighted by molar-refractivity contribution is -0.205. The Morgan fingerprint density at radius 1 is 1.38 bits per heavy atom. The smallest absolute Gasteiger partial charge is 0.480 e. The first-order valence-corrected chi connectivity index (χ1v) is 10.1. The van der Waals surface area contributed by atoms with E-state index in [1.165, 1.54) is 23.5 Å². The first-order chi connectivity index (χ1) is 15.2. The number of ether oxygens (including phenoxy) is 2. The van der Waals surface area contributed by atoms with Crippen molar-refractivity contribution in [1.29, 1.82) is 0 Å². The molecule has 1 atom stereocenters. The van der Waals surface area contributed by atoms with Gasteiger partial charge in [0.25, 0.3) is 0 Å². The molecule has 0 fully saturated rings. The second kappa shape index (κ2) is 9.96. The summed E-state index contributed by atoms with van der Waals surface area (Å²) in [7, 11) is 0. The molecule has 1 amide bonds. The third-order valence-electron chi connectivity index (χ3n) is 4.43. The molecular formula is C19H18F3N3O6S. The molecule has 0 spiro atoms. The summed E-state index contributed by atoms with van der Waals surface area (Å²) in [6, 6.07) is 4.28. The minimum Gasteiger partial charge on any atom is -0.480 e. The van der Waals surface area contributed by atoms with E-state index in [1.54, 1.807) is 6.07 Å². The minimum absolute atomic E-state index is 0.0581. The van der Waals surface area contributed by atoms with Crippen LogP contribution in [0.15, 0.2) is 24.4 Å². The number of fused-ring (bicyclic) bond motifs is 1. The number of hydrogen-bond acceptors (Lipinski definition) is 8. The van der Waals surface area contributed by atoms with Crippen LogP contribution in [-0.4, -0.2) is 54.3 Å². The molecule has 2 N–H and O–H groups in total. The molecule has 3 heterocycles. The monoisotopic (exact) mass is 473 g/mol. The topological polar surface area (TPSA) is 118 Å². The Labute approximate surface area is 183 Å². The van der Waals surface area contributed by atoms with E-state index in [2.05, 4.69) is 15.0 Å². The second-order valence-corrected chi connectivity index (χ2v) is 7.83. The van der Waals surface area contributed by atoms with E-state index >= 15 is 0 Å². The Kier molecular flexibility index (Phi) is 7.30. The summed E-state index contributed by atoms with van der Waals surface area (Å²) in [4.78, 5) is 39.9. The standard InChI is InChI=1S/C19H18F3N3O6S/c20-19(21,22)18(29)31-14(13-2-1-12(7-24-13)30-9-17(27)28)8-25(10-26)16-5-11-6-23-4-3-15(11)32-16/h1-2,5,7,10,14,23H,3-4,6,8-9H2,(H,27,28). The zero-order valence-electron chi connectivity index (χ0n) is 16.4. The van der Waals surface area contributed by atoms with Gasteiger partial charge in [0.2, 0.25) is 6.41 Å². The van der Waals surface area contributed by atoms with Crippen LogP contribution in [-0.2, 0) is 32.1 Å². The lowest BCUT2D eigenvalue weighted by Crippen LogP contribution is -2.33. The van der Waals surface area contributed by atoms with Crippen molar-refractivity contribution in [3.05, 3.63) is 40.5 Å². The van der Waals surface area contributed by atoms with E-state index in [9.17, 15) is 27.6 Å². The number of carboxylic acids is 1. The van der Waals surface area contributed by atoms with Crippen LogP contribution < -0.4 is 15.0 Å². The number of amides is 1. The Morgan fingerprint density at radius 2 is 2.16 bits per heavy atom. The van der Waals surface area contributed by atoms with Crippen molar-refractivity contribution in [2.45, 2.75) is 25.2 Å². The number of carbonyl (C=O) groups excluding carboxylic acids is 2. The van der Waals surface area contributed by atoms with E-state index in [0.29, 0.717) is 18.0 Å². The van der Waals surface area contributed by atoms with Crippen LogP contribution in [0.5, 0.6) is 5.75 Å². The summed E-state index contributed by atoms with van der Waals surface area (Å²) >= 11 is 1.34. The van der Waals surface area contributed by atoms with Crippen molar-refractivity contribution >= 4 is 34.7 Å². The highest BCUT2D eigenvalue weighted by atomic mass is 32.1. The number of carboxylic acid groups (broad SMARTS) is 1. The number of nitrogens with one attached hydrogen (secondary N) is 1. The Morgan fingerprint density at radius 3 is 2.75 bits per heavy atom. The molecule has 2 aromatic rings. The van der Waals surface area contributed by atoms with Crippen LogP contribution in [0.3, 0.4) is 0 Å². The van der Waals surface area contributed by atoms with Crippen molar-refractivity contribution < 1.29 is 42.1 Å². The molecule has 1 aliphatic rings. The Balaban J connectivity index is 1.83. The highest BCUT2D eigenvalue weighted by Crippen LogP contribution is 2.33. The van der Waals surface area contributed by atoms with Gasteiger partial charge in [-0.2, -0.15) is 13.2 Å². The summed E-state index contributed by atoms with van der Waals surface area (Å²) < 4.78 is 48.0. The quantitative estimate of drug-likeness (QED) is 0.420. The number of alkyl halides is 3. The number of halogens is 3. The third-order valence-corrected chi connectivity index (χ3v) is 5.71. The number of pyridine rings is 1. The van der Waals surface area contributed by atoms with Crippen LogP contribution in [0.4, 0.5) is 18.2 Å². The van der Waals surface area contributed by atoms with Crippen molar-refractivity contribution in [1.82, 2.24) is 10.3 Å². The van der Waals surface area contributed by atoms with Gasteiger partial charge in [-0.15, -0.1) is 11.3 Å². The third kappa shape index (κ3) is 5.95. The van der Waals surface area contributed by atoms with Gasteiger partial charge in [-0.1, -0.05) is 0 Å². The highest BCUT2D eigenvalue weighted by molar-refractivity contribution is 7.16. The predicted molar refractivity (Wildman–Crippen MR) is 105 cm³/mol. The number of thiophene rings is 1. The Bertz CT molecular complexity index is 956. The molecule has 0 bridgehead atoms. The average molecular weight is 473 g/mol. The van der Waals surface area contributed by atoms with Crippen LogP contribution >= 0.6 is 11.3 Å². The maximum absolute atomic E-state index is 12.8. The average Bonchev–Trinajstić information content (AvgIpc) is 3.18. The zero-order chi connectivity index (χ0) is 23.3. The summed E-state index contributed by atoms with van der Waals surface area (Å²) in [6.45, 7) is 0.356. The second-order valence-electron chi connectivity index (χ2n) is 6.71. The van der Waals surface area contributed by atoms with Gasteiger partial charge in [-0.05, 0) is 30.2 Å². The van der Waals surface area contributed by atoms with Gasteiger partial charge in [0.15, 0.2) is 12.7 Å². The lowest BCUT2D eigenvalue weighted by atomic mass is 10.1. The van der Waals surface area contributed by atoms with Gasteiger partial charge in [0, 0.05) is 18.0 Å². The van der Waals surface area contributed by atoms with Gasteiger partial charge in [-0.25, -0.2) is 9.59 Å². The molecule has 0 radical (unpaired) electrons. The van der Waals surface area contributed by atoms with Crippen molar-refractivity contribution in [2.75, 3.05) is 24.6 Å². The predicted octanol–water partition coefficient (Wildman–Crippen LogP) is 2.06. The number of esters is 1. The van der Waals surface area contributed by atoms with Crippen molar-refractivity contribution in [3.8, 4) is 5.75 Å². The number of anilines is 1. The summed E-state index contributed by atoms with van der Waals surface area (Å²) in [5.74, 6) is -3.58. The van der Waals surface area contributed by atoms with Crippen LogP contribution in [0.25, 0.3) is 0 Å². The van der Waals surface area contributed by atoms with E-state index in [1.807, 2.05) is 0 Å². The Hall–Kier alpha value is -3.19. The van der Waals surface area contributed by atoms with Gasteiger partial charge in [-0.3, -0.25) is 9.78 Å².